The molecule has 24 heavy (non-hydrogen) atoms. The third kappa shape index (κ3) is 3.39. The molecule has 0 bridgehead atoms. The van der Waals surface area contributed by atoms with E-state index in [4.69, 9.17) is 0 Å². The van der Waals surface area contributed by atoms with E-state index < -0.39 is 0 Å². The highest BCUT2D eigenvalue weighted by atomic mass is 32.2. The molecule has 0 aliphatic rings. The minimum absolute atomic E-state index is 0.122. The summed E-state index contributed by atoms with van der Waals surface area (Å²) in [5, 5.41) is 14.8. The Labute approximate surface area is 144 Å². The maximum atomic E-state index is 12.3. The highest BCUT2D eigenvalue weighted by Crippen LogP contribution is 2.25. The third-order valence-corrected chi connectivity index (χ3v) is 4.63. The summed E-state index contributed by atoms with van der Waals surface area (Å²) in [4.78, 5) is 16.5. The molecule has 1 aromatic heterocycles. The first-order valence-electron chi connectivity index (χ1n) is 7.45. The predicted molar refractivity (Wildman–Crippen MR) is 97.0 cm³/mol. The summed E-state index contributed by atoms with van der Waals surface area (Å²) in [6, 6.07) is 17.7. The molecule has 5 heteroatoms. The van der Waals surface area contributed by atoms with Gasteiger partial charge in [-0.15, -0.1) is 0 Å². The number of hydrogen-bond acceptors (Lipinski definition) is 4. The number of fused-ring (bicyclic) bond motifs is 1. The number of carbonyl (C=O) groups excluding carboxylic acids is 1. The van der Waals surface area contributed by atoms with Crippen molar-refractivity contribution in [3.05, 3.63) is 65.9 Å². The molecule has 0 unspecified atom stereocenters. The van der Waals surface area contributed by atoms with E-state index in [9.17, 15) is 10.1 Å². The number of hydrogen-bond donors (Lipinski definition) is 1. The standard InChI is InChI=1S/C19H15N3OS/c1-13-9-10-21-19(16(13)11-20)24-12-18(23)22-17-8-4-6-14-5-2-3-7-15(14)17/h2-10H,12H2,1H3,(H,22,23). The maximum absolute atomic E-state index is 12.3. The second-order valence-electron chi connectivity index (χ2n) is 5.28. The van der Waals surface area contributed by atoms with Gasteiger partial charge < -0.3 is 5.32 Å². The maximum Gasteiger partial charge on any atom is 0.234 e. The molecule has 0 radical (unpaired) electrons. The fraction of sp³-hybridized carbons (Fsp3) is 0.105. The van der Waals surface area contributed by atoms with Gasteiger partial charge >= 0.3 is 0 Å². The molecule has 3 aromatic rings. The number of aromatic nitrogens is 1. The topological polar surface area (TPSA) is 65.8 Å². The Morgan fingerprint density at radius 3 is 2.83 bits per heavy atom. The van der Waals surface area contributed by atoms with Gasteiger partial charge in [-0.1, -0.05) is 48.2 Å². The molecule has 0 saturated carbocycles. The SMILES string of the molecule is Cc1ccnc(SCC(=O)Nc2cccc3ccccc23)c1C#N. The molecule has 0 atom stereocenters. The number of nitriles is 1. The van der Waals surface area contributed by atoms with Crippen LogP contribution in [0.4, 0.5) is 5.69 Å². The average Bonchev–Trinajstić information content (AvgIpc) is 2.60. The summed E-state index contributed by atoms with van der Waals surface area (Å²) >= 11 is 1.27. The van der Waals surface area contributed by atoms with Crippen molar-refractivity contribution < 1.29 is 4.79 Å². The first-order chi connectivity index (χ1) is 11.7. The number of nitrogens with zero attached hydrogens (tertiary/aromatic N) is 2. The monoisotopic (exact) mass is 333 g/mol. The van der Waals surface area contributed by atoms with Crippen LogP contribution in [0.1, 0.15) is 11.1 Å². The van der Waals surface area contributed by atoms with Gasteiger partial charge in [-0.2, -0.15) is 5.26 Å². The van der Waals surface area contributed by atoms with E-state index in [1.54, 1.807) is 12.3 Å². The highest BCUT2D eigenvalue weighted by Gasteiger charge is 2.11. The lowest BCUT2D eigenvalue weighted by atomic mass is 10.1. The third-order valence-electron chi connectivity index (χ3n) is 3.64. The number of rotatable bonds is 4. The van der Waals surface area contributed by atoms with Crippen molar-refractivity contribution in [2.75, 3.05) is 11.1 Å². The van der Waals surface area contributed by atoms with Gasteiger partial charge in [0.2, 0.25) is 5.91 Å². The van der Waals surface area contributed by atoms with Crippen LogP contribution in [0, 0.1) is 18.3 Å². The van der Waals surface area contributed by atoms with Crippen molar-refractivity contribution in [1.82, 2.24) is 4.98 Å². The van der Waals surface area contributed by atoms with Gasteiger partial charge in [-0.3, -0.25) is 4.79 Å². The van der Waals surface area contributed by atoms with E-state index in [0.717, 1.165) is 22.0 Å². The lowest BCUT2D eigenvalue weighted by Crippen LogP contribution is -2.14. The molecular formula is C19H15N3OS. The molecular weight excluding hydrogens is 318 g/mol. The summed E-state index contributed by atoms with van der Waals surface area (Å²) in [5.41, 5.74) is 2.18. The van der Waals surface area contributed by atoms with Crippen LogP contribution >= 0.6 is 11.8 Å². The van der Waals surface area contributed by atoms with E-state index in [1.165, 1.54) is 11.8 Å². The van der Waals surface area contributed by atoms with Crippen molar-refractivity contribution in [1.29, 1.82) is 5.26 Å². The number of thioether (sulfide) groups is 1. The number of aryl methyl sites for hydroxylation is 1. The summed E-state index contributed by atoms with van der Waals surface area (Å²) in [6.07, 6.45) is 1.65. The Kier molecular flexibility index (Phi) is 4.78. The molecule has 1 amide bonds. The average molecular weight is 333 g/mol. The highest BCUT2D eigenvalue weighted by molar-refractivity contribution is 8.00. The van der Waals surface area contributed by atoms with Crippen LogP contribution in [0.3, 0.4) is 0 Å². The van der Waals surface area contributed by atoms with Crippen molar-refractivity contribution >= 4 is 34.1 Å². The van der Waals surface area contributed by atoms with Crippen LogP contribution < -0.4 is 5.32 Å². The quantitative estimate of drug-likeness (QED) is 0.729. The number of carbonyl (C=O) groups is 1. The summed E-state index contributed by atoms with van der Waals surface area (Å²) in [5.74, 6) is 0.0810. The van der Waals surface area contributed by atoms with Crippen LogP contribution in [0.5, 0.6) is 0 Å². The van der Waals surface area contributed by atoms with Gasteiger partial charge in [0.25, 0.3) is 0 Å². The van der Waals surface area contributed by atoms with Crippen molar-refractivity contribution in [3.63, 3.8) is 0 Å². The van der Waals surface area contributed by atoms with Gasteiger partial charge in [0.1, 0.15) is 11.1 Å². The first-order valence-corrected chi connectivity index (χ1v) is 8.43. The second-order valence-corrected chi connectivity index (χ2v) is 6.25. The minimum atomic E-state index is -0.122. The summed E-state index contributed by atoms with van der Waals surface area (Å²) in [6.45, 7) is 1.86. The van der Waals surface area contributed by atoms with E-state index >= 15 is 0 Å². The van der Waals surface area contributed by atoms with Crippen LogP contribution in [-0.4, -0.2) is 16.6 Å². The lowest BCUT2D eigenvalue weighted by molar-refractivity contribution is -0.113. The minimum Gasteiger partial charge on any atom is -0.325 e. The molecule has 3 rings (SSSR count). The van der Waals surface area contributed by atoms with Crippen molar-refractivity contribution in [2.45, 2.75) is 11.9 Å². The van der Waals surface area contributed by atoms with E-state index in [2.05, 4.69) is 16.4 Å². The molecule has 0 spiro atoms. The Morgan fingerprint density at radius 1 is 1.21 bits per heavy atom. The second kappa shape index (κ2) is 7.16. The van der Waals surface area contributed by atoms with E-state index in [0.29, 0.717) is 10.6 Å². The van der Waals surface area contributed by atoms with Gasteiger partial charge in [-0.05, 0) is 30.0 Å². The molecule has 0 aliphatic heterocycles. The van der Waals surface area contributed by atoms with Gasteiger partial charge in [0.05, 0.1) is 11.3 Å². The zero-order valence-electron chi connectivity index (χ0n) is 13.1. The summed E-state index contributed by atoms with van der Waals surface area (Å²) < 4.78 is 0. The molecule has 118 valence electrons. The molecule has 1 N–H and O–H groups in total. The summed E-state index contributed by atoms with van der Waals surface area (Å²) in [7, 11) is 0. The van der Waals surface area contributed by atoms with Gasteiger partial charge in [0.15, 0.2) is 0 Å². The Morgan fingerprint density at radius 2 is 2.00 bits per heavy atom. The lowest BCUT2D eigenvalue weighted by Gasteiger charge is -2.09. The van der Waals surface area contributed by atoms with Crippen LogP contribution in [-0.2, 0) is 4.79 Å². The molecule has 1 heterocycles. The molecule has 2 aromatic carbocycles. The van der Waals surface area contributed by atoms with Crippen molar-refractivity contribution in [3.8, 4) is 6.07 Å². The van der Waals surface area contributed by atoms with Crippen LogP contribution in [0.2, 0.25) is 0 Å². The number of benzene rings is 2. The molecule has 0 fully saturated rings. The van der Waals surface area contributed by atoms with Gasteiger partial charge in [0, 0.05) is 17.3 Å². The van der Waals surface area contributed by atoms with E-state index in [1.807, 2.05) is 49.4 Å². The largest absolute Gasteiger partial charge is 0.325 e. The van der Waals surface area contributed by atoms with Gasteiger partial charge in [-0.25, -0.2) is 4.98 Å². The van der Waals surface area contributed by atoms with Crippen molar-refractivity contribution in [2.24, 2.45) is 0 Å². The Bertz CT molecular complexity index is 941. The smallest absolute Gasteiger partial charge is 0.234 e. The van der Waals surface area contributed by atoms with Crippen LogP contribution in [0.15, 0.2) is 59.8 Å². The zero-order valence-corrected chi connectivity index (χ0v) is 13.9. The molecule has 0 aliphatic carbocycles. The number of nitrogens with one attached hydrogen (secondary N) is 1. The molecule has 4 nitrogen and oxygen atoms in total. The number of anilines is 1. The Balaban J connectivity index is 1.73. The van der Waals surface area contributed by atoms with E-state index in [-0.39, 0.29) is 11.7 Å². The van der Waals surface area contributed by atoms with Crippen LogP contribution in [0.25, 0.3) is 10.8 Å². The first kappa shape index (κ1) is 16.0. The Hall–Kier alpha value is -2.84. The normalized spacial score (nSPS) is 10.3. The number of amides is 1. The number of pyridine rings is 1. The predicted octanol–water partition coefficient (Wildman–Crippen LogP) is 4.15. The fourth-order valence-corrected chi connectivity index (χ4v) is 3.26. The fourth-order valence-electron chi connectivity index (χ4n) is 2.43. The zero-order chi connectivity index (χ0) is 16.9. The molecule has 0 saturated heterocycles.